The lowest BCUT2D eigenvalue weighted by atomic mass is 9.65. The molecule has 0 aromatic heterocycles. The topological polar surface area (TPSA) is 0 Å². The van der Waals surface area contributed by atoms with Crippen LogP contribution in [-0.4, -0.2) is 0 Å². The molecule has 0 N–H and O–H groups in total. The molecule has 11 unspecified atom stereocenters. The molecule has 11 atom stereocenters. The molecule has 1 aromatic carbocycles. The van der Waals surface area contributed by atoms with Crippen molar-refractivity contribution in [1.82, 2.24) is 0 Å². The van der Waals surface area contributed by atoms with E-state index in [1.54, 1.807) is 229 Å². The highest BCUT2D eigenvalue weighted by Crippen LogP contribution is 2.56. The summed E-state index contributed by atoms with van der Waals surface area (Å²) in [5, 5.41) is 0. The van der Waals surface area contributed by atoms with Crippen molar-refractivity contribution in [3.05, 3.63) is 156 Å². The Labute approximate surface area is 884 Å². The van der Waals surface area contributed by atoms with Gasteiger partial charge in [-0.2, -0.15) is 0 Å². The zero-order valence-corrected chi connectivity index (χ0v) is 94.1. The van der Waals surface area contributed by atoms with E-state index < -0.39 is 0 Å². The summed E-state index contributed by atoms with van der Waals surface area (Å²) in [6, 6.07) is 8.80. The largest absolute Gasteiger partial charge is 0.0885 e. The molecule has 0 heterocycles. The molecule has 0 amide bonds. The molecule has 0 saturated heterocycles. The normalized spacial score (nSPS) is 34.9. The van der Waals surface area contributed by atoms with Crippen molar-refractivity contribution >= 4 is 0 Å². The third-order valence-corrected chi connectivity index (χ3v) is 41.0. The fourth-order valence-corrected chi connectivity index (χ4v) is 30.5. The second kappa shape index (κ2) is 73.8. The van der Waals surface area contributed by atoms with E-state index in [9.17, 15) is 0 Å². The van der Waals surface area contributed by atoms with Crippen LogP contribution >= 0.6 is 0 Å². The van der Waals surface area contributed by atoms with Gasteiger partial charge in [0.1, 0.15) is 0 Å². The lowest BCUT2D eigenvalue weighted by molar-refractivity contribution is 0.116. The maximum atomic E-state index is 2.43. The van der Waals surface area contributed by atoms with E-state index in [1.807, 2.05) is 0 Å². The third-order valence-electron chi connectivity index (χ3n) is 41.0. The predicted molar refractivity (Wildman–Crippen MR) is 627 cm³/mol. The Morgan fingerprint density at radius 2 is 0.493 bits per heavy atom. The van der Waals surface area contributed by atoms with Crippen LogP contribution in [0.2, 0.25) is 0 Å². The van der Waals surface area contributed by atoms with Crippen LogP contribution in [0.5, 0.6) is 0 Å². The van der Waals surface area contributed by atoms with Crippen LogP contribution in [0.15, 0.2) is 145 Å². The Morgan fingerprint density at radius 3 is 0.732 bits per heavy atom. The zero-order chi connectivity index (χ0) is 97.3. The maximum Gasteiger partial charge on any atom is -0.00169 e. The van der Waals surface area contributed by atoms with Crippen LogP contribution in [0, 0.1) is 124 Å². The van der Waals surface area contributed by atoms with Crippen molar-refractivity contribution < 1.29 is 0 Å². The van der Waals surface area contributed by atoms with E-state index >= 15 is 0 Å². The molecule has 34 aliphatic carbocycles. The molecule has 35 rings (SSSR count). The number of fused-ring (bicyclic) bond motifs is 17. The van der Waals surface area contributed by atoms with Gasteiger partial charge in [-0.1, -0.05) is 556 Å². The van der Waals surface area contributed by atoms with Gasteiger partial charge in [0.2, 0.25) is 0 Å². The summed E-state index contributed by atoms with van der Waals surface area (Å²) in [5.74, 6) is 23.8. The number of aryl methyl sites for hydroxylation is 2. The Hall–Kier alpha value is -3.38. The summed E-state index contributed by atoms with van der Waals surface area (Å²) in [6.07, 6.45) is 184. The SMILES string of the molecule is C1=CC2CCC1C2.C1=CC2CCCC2=C1.C1=CC2CCCCC2C1.C1=CCC=CC1.C1=CCCC1.C1=CCCC=C1.C1=CCCCC1.C1CC1.C1CC2CC(C1)C2.C1CC2CC12.C1CC2CC2C1.C1CC2CCC1C2.C1CC2CCC1CC2.C1CC2CCCC2C1.C1CCC1.C1CCC2CCCC2C1.C1CCC2CCCCC2C1.C1CCCC1.C1CCCCC1.C1CCCCCC1.c1ccc2c(c1)CCCC2. The van der Waals surface area contributed by atoms with Gasteiger partial charge >= 0.3 is 0 Å². The van der Waals surface area contributed by atoms with E-state index in [1.165, 1.54) is 456 Å². The van der Waals surface area contributed by atoms with E-state index in [0.29, 0.717) is 0 Å². The van der Waals surface area contributed by atoms with Gasteiger partial charge in [0, 0.05) is 0 Å². The molecule has 0 nitrogen and oxygen atoms in total. The summed E-state index contributed by atoms with van der Waals surface area (Å²) in [6.45, 7) is 0. The molecule has 8 bridgehead atoms. The smallest absolute Gasteiger partial charge is 0.00169 e. The summed E-state index contributed by atoms with van der Waals surface area (Å²) in [7, 11) is 0. The lowest BCUT2D eigenvalue weighted by Crippen LogP contribution is -2.28. The first kappa shape index (κ1) is 116. The molecule has 802 valence electrons. The van der Waals surface area contributed by atoms with Gasteiger partial charge in [0.15, 0.2) is 0 Å². The fourth-order valence-electron chi connectivity index (χ4n) is 30.5. The standard InChI is InChI=1S/C10H18.C10H12.C9H16.C9H14.C8H14.C8H10.C8H14.C7H12.C7H10.C7H12.C7H14.C6H10.C6H12.C6H10.2C6H8.C5H8.C5H10.C5H8.C4H8.C3H6/c2*1-2-6-10-8-4-3-7-9(10)5-1;2*1-2-5-9-7-3-6-8(9)4-1;2*1-3-7-5-2-6-8(7)4-1;1-2-8-5-3-7(1)4-6-8;2*1-2-7-4-3-6(1)5-7;1-2-6-4-7(3-1)5-6;1-2-4-6-7-5-3-1;1-2-5-4-6(5)3-1;4*1-2-4-6-5-3-1;1-2-5-3-4(1)5;2*1-2-4-5-3-1;1-2-4-3-1;1-2-3-1/h9-10H,1-8H2;1-2,5-6H,3-4,7-8H2;8-9H,1-7H2;3,6,8-9H,1-2,4-5,7H2;7-8H,1-6H2;1,3-4,7H,2,5-6H2;7-8H,1-6H2;6-7H,1-5H2;1-2,6-7H,3-5H2;6-7H,1-5H2;1-7H2;5-6H,1-4H2;1-6H2;1-2H,3-6H2;1-2,5-6H,3-4H2;1-4H,5-6H2;4-5H,1-3H2;1-5H2;1-2H,3-5H2;1-4H2;1-3H2. The van der Waals surface area contributed by atoms with Crippen LogP contribution in [0.25, 0.3) is 0 Å². The van der Waals surface area contributed by atoms with E-state index in [2.05, 4.69) is 140 Å². The second-order valence-corrected chi connectivity index (χ2v) is 52.5. The Morgan fingerprint density at radius 1 is 0.169 bits per heavy atom. The molecule has 1 aromatic rings. The van der Waals surface area contributed by atoms with Crippen molar-refractivity contribution in [1.29, 1.82) is 0 Å². The van der Waals surface area contributed by atoms with Crippen LogP contribution in [0.1, 0.15) is 608 Å². The first-order valence-electron chi connectivity index (χ1n) is 66.2. The summed E-state index contributed by atoms with van der Waals surface area (Å²) in [5.41, 5.74) is 4.83. The Bertz CT molecular complexity index is 3310. The summed E-state index contributed by atoms with van der Waals surface area (Å²) in [4.78, 5) is 0. The monoisotopic (exact) mass is 1940 g/mol. The number of benzene rings is 1. The minimum atomic E-state index is 0.856. The number of hydrogen-bond donors (Lipinski definition) is 0. The van der Waals surface area contributed by atoms with E-state index in [4.69, 9.17) is 0 Å². The highest BCUT2D eigenvalue weighted by molar-refractivity contribution is 5.30. The van der Waals surface area contributed by atoms with Gasteiger partial charge in [-0.3, -0.25) is 0 Å². The van der Waals surface area contributed by atoms with Crippen molar-refractivity contribution in [3.8, 4) is 0 Å². The number of rotatable bonds is 0. The molecular formula is C142H234. The second-order valence-electron chi connectivity index (χ2n) is 52.5. The van der Waals surface area contributed by atoms with Gasteiger partial charge in [-0.05, 0) is 334 Å². The number of allylic oxidation sites excluding steroid dienone is 20. The molecule has 26 fully saturated rings. The van der Waals surface area contributed by atoms with Crippen LogP contribution < -0.4 is 0 Å². The summed E-state index contributed by atoms with van der Waals surface area (Å²) >= 11 is 0. The molecule has 26 saturated carbocycles. The Balaban J connectivity index is 0.000000126. The quantitative estimate of drug-likeness (QED) is 0.179. The summed E-state index contributed by atoms with van der Waals surface area (Å²) < 4.78 is 0. The van der Waals surface area contributed by atoms with Crippen molar-refractivity contribution in [2.24, 2.45) is 124 Å². The first-order valence-corrected chi connectivity index (χ1v) is 66.2. The van der Waals surface area contributed by atoms with Gasteiger partial charge in [0.05, 0.1) is 0 Å². The van der Waals surface area contributed by atoms with Crippen LogP contribution in [0.3, 0.4) is 0 Å². The Kier molecular flexibility index (Phi) is 60.1. The molecular weight excluding hydrogens is 1710 g/mol. The highest BCUT2D eigenvalue weighted by Gasteiger charge is 2.45. The minimum Gasteiger partial charge on any atom is -0.0885 e. The highest BCUT2D eigenvalue weighted by atomic mass is 14.5. The first-order chi connectivity index (χ1) is 70.5. The third kappa shape index (κ3) is 49.8. The fraction of sp³-hybridized carbons (Fsp3) is 0.817. The van der Waals surface area contributed by atoms with Gasteiger partial charge in [-0.15, -0.1) is 0 Å². The molecule has 142 heavy (non-hydrogen) atoms. The average molecular weight is 1940 g/mol. The predicted octanol–water partition coefficient (Wildman–Crippen LogP) is 46.1. The van der Waals surface area contributed by atoms with E-state index in [0.717, 1.165) is 66.1 Å². The molecule has 34 aliphatic rings. The molecule has 0 radical (unpaired) electrons. The molecule has 0 heteroatoms. The lowest BCUT2D eigenvalue weighted by Gasteiger charge is -2.40. The van der Waals surface area contributed by atoms with Gasteiger partial charge < -0.3 is 0 Å². The van der Waals surface area contributed by atoms with Crippen LogP contribution in [0.4, 0.5) is 0 Å². The van der Waals surface area contributed by atoms with Crippen LogP contribution in [-0.2, 0) is 12.8 Å². The molecule has 0 spiro atoms. The minimum absolute atomic E-state index is 0.856. The van der Waals surface area contributed by atoms with Gasteiger partial charge in [0.25, 0.3) is 0 Å². The van der Waals surface area contributed by atoms with Crippen molar-refractivity contribution in [2.45, 2.75) is 610 Å². The zero-order valence-electron chi connectivity index (χ0n) is 94.1. The van der Waals surface area contributed by atoms with Gasteiger partial charge in [-0.25, -0.2) is 0 Å². The van der Waals surface area contributed by atoms with Crippen molar-refractivity contribution in [3.63, 3.8) is 0 Å². The van der Waals surface area contributed by atoms with Crippen molar-refractivity contribution in [2.75, 3.05) is 0 Å². The maximum absolute atomic E-state index is 2.43. The molecule has 0 aliphatic heterocycles. The van der Waals surface area contributed by atoms with E-state index in [-0.39, 0.29) is 0 Å². The number of hydrogen-bond acceptors (Lipinski definition) is 0. The average Bonchev–Trinajstić information content (AvgIpc) is 1.63.